The molecule has 2 aliphatic rings. The molecule has 2 atom stereocenters. The van der Waals surface area contributed by atoms with Gasteiger partial charge in [-0.3, -0.25) is 14.4 Å². The quantitative estimate of drug-likeness (QED) is 0.474. The van der Waals surface area contributed by atoms with Gasteiger partial charge in [0.25, 0.3) is 0 Å². The van der Waals surface area contributed by atoms with Crippen LogP contribution in [-0.2, 0) is 20.8 Å². The van der Waals surface area contributed by atoms with E-state index in [-0.39, 0.29) is 36.0 Å². The lowest BCUT2D eigenvalue weighted by atomic mass is 9.81. The molecule has 0 bridgehead atoms. The van der Waals surface area contributed by atoms with E-state index in [1.54, 1.807) is 24.3 Å². The van der Waals surface area contributed by atoms with Crippen LogP contribution in [0.25, 0.3) is 0 Å². The Balaban J connectivity index is 1.50. The first-order valence-corrected chi connectivity index (χ1v) is 9.36. The summed E-state index contributed by atoms with van der Waals surface area (Å²) in [6, 6.07) is 16.0. The van der Waals surface area contributed by atoms with Crippen molar-refractivity contribution >= 4 is 23.5 Å². The Labute approximate surface area is 157 Å². The predicted octanol–water partition coefficient (Wildman–Crippen LogP) is 3.51. The molecule has 2 fully saturated rings. The van der Waals surface area contributed by atoms with Crippen molar-refractivity contribution in [2.75, 3.05) is 4.90 Å². The summed E-state index contributed by atoms with van der Waals surface area (Å²) in [5.41, 5.74) is 1.34. The molecule has 4 rings (SSSR count). The van der Waals surface area contributed by atoms with Crippen LogP contribution in [0.15, 0.2) is 54.6 Å². The smallest absolute Gasteiger partial charge is 0.315 e. The first-order valence-electron chi connectivity index (χ1n) is 9.36. The molecular weight excluding hydrogens is 342 g/mol. The van der Waals surface area contributed by atoms with E-state index >= 15 is 0 Å². The number of anilines is 1. The van der Waals surface area contributed by atoms with Crippen LogP contribution < -0.4 is 9.64 Å². The number of rotatable bonds is 4. The van der Waals surface area contributed by atoms with E-state index in [4.69, 9.17) is 4.74 Å². The van der Waals surface area contributed by atoms with Gasteiger partial charge in [0.1, 0.15) is 5.75 Å². The zero-order chi connectivity index (χ0) is 18.8. The number of nitrogens with zero attached hydrogens (tertiary/aromatic N) is 1. The summed E-state index contributed by atoms with van der Waals surface area (Å²) in [7, 11) is 0. The number of benzene rings is 2. The van der Waals surface area contributed by atoms with Gasteiger partial charge in [-0.05, 0) is 30.5 Å². The summed E-state index contributed by atoms with van der Waals surface area (Å²) in [6.45, 7) is 0. The van der Waals surface area contributed by atoms with Crippen LogP contribution >= 0.6 is 0 Å². The van der Waals surface area contributed by atoms with Crippen molar-refractivity contribution in [3.63, 3.8) is 0 Å². The molecule has 2 aromatic rings. The van der Waals surface area contributed by atoms with Crippen LogP contribution in [0.1, 0.15) is 31.2 Å². The lowest BCUT2D eigenvalue weighted by Crippen LogP contribution is -2.30. The topological polar surface area (TPSA) is 63.7 Å². The summed E-state index contributed by atoms with van der Waals surface area (Å²) in [5, 5.41) is 0. The molecule has 2 amide bonds. The standard InChI is InChI=1S/C22H21NO4/c24-20(13-15-7-2-1-3-8-15)27-17-10-6-9-16(14-17)23-21(25)18-11-4-5-12-19(18)22(23)26/h1-3,6-10,14,18-19H,4-5,11-13H2/t18-,19+. The van der Waals surface area contributed by atoms with Crippen LogP contribution in [0.5, 0.6) is 5.75 Å². The van der Waals surface area contributed by atoms with E-state index in [1.807, 2.05) is 30.3 Å². The van der Waals surface area contributed by atoms with Gasteiger partial charge in [-0.1, -0.05) is 49.2 Å². The fourth-order valence-electron chi connectivity index (χ4n) is 4.03. The van der Waals surface area contributed by atoms with Crippen molar-refractivity contribution in [3.8, 4) is 5.75 Å². The van der Waals surface area contributed by atoms with Crippen molar-refractivity contribution in [2.24, 2.45) is 11.8 Å². The highest BCUT2D eigenvalue weighted by atomic mass is 16.5. The van der Waals surface area contributed by atoms with Gasteiger partial charge in [0.15, 0.2) is 0 Å². The Kier molecular flexibility index (Phi) is 4.75. The maximum absolute atomic E-state index is 12.7. The average molecular weight is 363 g/mol. The normalized spacial score (nSPS) is 21.9. The number of carbonyl (C=O) groups is 3. The fraction of sp³-hybridized carbons (Fsp3) is 0.318. The Bertz CT molecular complexity index is 853. The summed E-state index contributed by atoms with van der Waals surface area (Å²) in [5.74, 6) is -0.698. The largest absolute Gasteiger partial charge is 0.426 e. The van der Waals surface area contributed by atoms with Crippen LogP contribution in [-0.4, -0.2) is 17.8 Å². The second-order valence-corrected chi connectivity index (χ2v) is 7.14. The van der Waals surface area contributed by atoms with Gasteiger partial charge in [-0.25, -0.2) is 4.90 Å². The molecule has 1 heterocycles. The van der Waals surface area contributed by atoms with Crippen LogP contribution in [0, 0.1) is 11.8 Å². The molecule has 2 aromatic carbocycles. The van der Waals surface area contributed by atoms with Gasteiger partial charge < -0.3 is 4.74 Å². The number of amides is 2. The Morgan fingerprint density at radius 2 is 1.59 bits per heavy atom. The number of esters is 1. The molecule has 1 saturated carbocycles. The Morgan fingerprint density at radius 3 is 2.26 bits per heavy atom. The lowest BCUT2D eigenvalue weighted by molar-refractivity contribution is -0.133. The monoisotopic (exact) mass is 363 g/mol. The zero-order valence-corrected chi connectivity index (χ0v) is 15.0. The Hall–Kier alpha value is -2.95. The molecule has 0 unspecified atom stereocenters. The van der Waals surface area contributed by atoms with Crippen molar-refractivity contribution in [3.05, 3.63) is 60.2 Å². The lowest BCUT2D eigenvalue weighted by Gasteiger charge is -2.19. The zero-order valence-electron chi connectivity index (χ0n) is 15.0. The third kappa shape index (κ3) is 3.50. The summed E-state index contributed by atoms with van der Waals surface area (Å²) in [6.07, 6.45) is 3.70. The maximum Gasteiger partial charge on any atom is 0.315 e. The van der Waals surface area contributed by atoms with Crippen molar-refractivity contribution in [2.45, 2.75) is 32.1 Å². The minimum atomic E-state index is -0.383. The first-order chi connectivity index (χ1) is 13.1. The van der Waals surface area contributed by atoms with Gasteiger partial charge in [0.05, 0.1) is 23.9 Å². The maximum atomic E-state index is 12.7. The molecule has 138 valence electrons. The van der Waals surface area contributed by atoms with Crippen LogP contribution in [0.3, 0.4) is 0 Å². The third-order valence-electron chi connectivity index (χ3n) is 5.34. The molecule has 1 saturated heterocycles. The number of fused-ring (bicyclic) bond motifs is 1. The number of ether oxygens (including phenoxy) is 1. The second-order valence-electron chi connectivity index (χ2n) is 7.14. The number of hydrogen-bond acceptors (Lipinski definition) is 4. The first kappa shape index (κ1) is 17.5. The van der Waals surface area contributed by atoms with Gasteiger partial charge >= 0.3 is 5.97 Å². The van der Waals surface area contributed by atoms with Crippen molar-refractivity contribution in [1.82, 2.24) is 0 Å². The van der Waals surface area contributed by atoms with Crippen LogP contribution in [0.4, 0.5) is 5.69 Å². The summed E-state index contributed by atoms with van der Waals surface area (Å²) in [4.78, 5) is 38.9. The highest BCUT2D eigenvalue weighted by Crippen LogP contribution is 2.40. The minimum absolute atomic E-state index is 0.127. The molecular formula is C22H21NO4. The highest BCUT2D eigenvalue weighted by molar-refractivity contribution is 6.22. The molecule has 1 aliphatic carbocycles. The van der Waals surface area contributed by atoms with Gasteiger partial charge in [-0.2, -0.15) is 0 Å². The molecule has 0 aromatic heterocycles. The van der Waals surface area contributed by atoms with E-state index in [2.05, 4.69) is 0 Å². The molecule has 1 aliphatic heterocycles. The summed E-state index contributed by atoms with van der Waals surface area (Å²) < 4.78 is 5.42. The fourth-order valence-corrected chi connectivity index (χ4v) is 4.03. The van der Waals surface area contributed by atoms with E-state index in [0.717, 1.165) is 31.2 Å². The minimum Gasteiger partial charge on any atom is -0.426 e. The van der Waals surface area contributed by atoms with E-state index in [0.29, 0.717) is 11.4 Å². The van der Waals surface area contributed by atoms with E-state index in [1.165, 1.54) is 4.90 Å². The van der Waals surface area contributed by atoms with Gasteiger partial charge in [0.2, 0.25) is 11.8 Å². The molecule has 0 N–H and O–H groups in total. The van der Waals surface area contributed by atoms with Crippen molar-refractivity contribution in [1.29, 1.82) is 0 Å². The van der Waals surface area contributed by atoms with Gasteiger partial charge in [0, 0.05) is 6.07 Å². The van der Waals surface area contributed by atoms with E-state index in [9.17, 15) is 14.4 Å². The molecule has 0 spiro atoms. The van der Waals surface area contributed by atoms with Crippen LogP contribution in [0.2, 0.25) is 0 Å². The SMILES string of the molecule is O=C(Cc1ccccc1)Oc1cccc(N2C(=O)[C@H]3CCCC[C@H]3C2=O)c1. The van der Waals surface area contributed by atoms with E-state index < -0.39 is 0 Å². The average Bonchev–Trinajstić information content (AvgIpc) is 2.94. The third-order valence-corrected chi connectivity index (χ3v) is 5.34. The Morgan fingerprint density at radius 1 is 0.926 bits per heavy atom. The molecule has 0 radical (unpaired) electrons. The highest BCUT2D eigenvalue weighted by Gasteiger charge is 2.48. The van der Waals surface area contributed by atoms with Crippen molar-refractivity contribution < 1.29 is 19.1 Å². The number of hydrogen-bond donors (Lipinski definition) is 0. The van der Waals surface area contributed by atoms with Gasteiger partial charge in [-0.15, -0.1) is 0 Å². The molecule has 5 heteroatoms. The predicted molar refractivity (Wildman–Crippen MR) is 100 cm³/mol. The second kappa shape index (κ2) is 7.35. The molecule has 5 nitrogen and oxygen atoms in total. The number of imide groups is 1. The number of carbonyl (C=O) groups excluding carboxylic acids is 3. The molecule has 27 heavy (non-hydrogen) atoms. The summed E-state index contributed by atoms with van der Waals surface area (Å²) >= 11 is 0.